The van der Waals surface area contributed by atoms with Gasteiger partial charge >= 0.3 is 0 Å². The van der Waals surface area contributed by atoms with Gasteiger partial charge in [0, 0.05) is 17.5 Å². The van der Waals surface area contributed by atoms with E-state index in [2.05, 4.69) is 54.7 Å². The molecular formula is C19H23NO. The first kappa shape index (κ1) is 14.2. The maximum Gasteiger partial charge on any atom is 0.122 e. The van der Waals surface area contributed by atoms with Crippen LogP contribution in [0.1, 0.15) is 29.5 Å². The molecule has 1 N–H and O–H groups in total. The number of aryl methyl sites for hydroxylation is 1. The Morgan fingerprint density at radius 3 is 2.52 bits per heavy atom. The quantitative estimate of drug-likeness (QED) is 0.905. The molecule has 0 bridgehead atoms. The van der Waals surface area contributed by atoms with Crippen LogP contribution in [0.2, 0.25) is 0 Å². The van der Waals surface area contributed by atoms with Crippen LogP contribution in [0.5, 0.6) is 5.75 Å². The van der Waals surface area contributed by atoms with Gasteiger partial charge < -0.3 is 10.1 Å². The zero-order valence-electron chi connectivity index (χ0n) is 12.8. The molecule has 21 heavy (non-hydrogen) atoms. The van der Waals surface area contributed by atoms with Crippen molar-refractivity contribution in [2.45, 2.75) is 31.7 Å². The number of para-hydroxylation sites is 1. The summed E-state index contributed by atoms with van der Waals surface area (Å²) in [5, 5.41) is 3.48. The van der Waals surface area contributed by atoms with E-state index in [9.17, 15) is 0 Å². The topological polar surface area (TPSA) is 21.3 Å². The third-order valence-electron chi connectivity index (χ3n) is 4.48. The fourth-order valence-corrected chi connectivity index (χ4v) is 3.13. The number of rotatable bonds is 5. The number of nitrogens with one attached hydrogen (secondary N) is 1. The van der Waals surface area contributed by atoms with E-state index < -0.39 is 0 Å². The maximum absolute atomic E-state index is 5.83. The predicted octanol–water partition coefficient (Wildman–Crippen LogP) is 3.56. The third kappa shape index (κ3) is 2.96. The van der Waals surface area contributed by atoms with E-state index in [0.29, 0.717) is 12.0 Å². The van der Waals surface area contributed by atoms with Crippen LogP contribution in [0, 0.1) is 0 Å². The highest BCUT2D eigenvalue weighted by Gasteiger charge is 2.30. The van der Waals surface area contributed by atoms with Crippen LogP contribution >= 0.6 is 0 Å². The van der Waals surface area contributed by atoms with Crippen molar-refractivity contribution in [3.8, 4) is 5.75 Å². The second kappa shape index (κ2) is 6.31. The van der Waals surface area contributed by atoms with Crippen molar-refractivity contribution in [3.63, 3.8) is 0 Å². The molecule has 2 atom stereocenters. The second-order valence-electron chi connectivity index (χ2n) is 5.72. The molecule has 1 aliphatic heterocycles. The van der Waals surface area contributed by atoms with Crippen LogP contribution in [0.25, 0.3) is 0 Å². The lowest BCUT2D eigenvalue weighted by molar-refractivity contribution is 0.302. The molecule has 0 spiro atoms. The summed E-state index contributed by atoms with van der Waals surface area (Å²) in [5.41, 5.74) is 4.12. The fourth-order valence-electron chi connectivity index (χ4n) is 3.13. The Labute approximate surface area is 127 Å². The summed E-state index contributed by atoms with van der Waals surface area (Å²) in [7, 11) is 2.05. The number of benzene rings is 2. The Hall–Kier alpha value is -1.80. The molecule has 0 aliphatic carbocycles. The van der Waals surface area contributed by atoms with E-state index in [4.69, 9.17) is 4.74 Å². The van der Waals surface area contributed by atoms with E-state index >= 15 is 0 Å². The van der Waals surface area contributed by atoms with Gasteiger partial charge in [-0.1, -0.05) is 49.4 Å². The number of hydrogen-bond donors (Lipinski definition) is 1. The minimum atomic E-state index is 0.404. The van der Waals surface area contributed by atoms with Crippen LogP contribution < -0.4 is 10.1 Å². The normalized spacial score (nSPS) is 18.1. The second-order valence-corrected chi connectivity index (χ2v) is 5.72. The summed E-state index contributed by atoms with van der Waals surface area (Å²) in [6, 6.07) is 17.8. The molecule has 2 nitrogen and oxygen atoms in total. The summed E-state index contributed by atoms with van der Waals surface area (Å²) in [5.74, 6) is 1.47. The maximum atomic E-state index is 5.83. The van der Waals surface area contributed by atoms with Crippen LogP contribution in [0.4, 0.5) is 0 Å². The van der Waals surface area contributed by atoms with E-state index in [0.717, 1.165) is 25.2 Å². The smallest absolute Gasteiger partial charge is 0.122 e. The summed E-state index contributed by atoms with van der Waals surface area (Å²) in [6.45, 7) is 2.97. The predicted molar refractivity (Wildman–Crippen MR) is 87.0 cm³/mol. The van der Waals surface area contributed by atoms with Gasteiger partial charge in [-0.15, -0.1) is 0 Å². The molecule has 110 valence electrons. The summed E-state index contributed by atoms with van der Waals surface area (Å²) >= 11 is 0. The standard InChI is InChI=1S/C19H23NO/c1-3-14-8-10-15(11-9-14)12-18(20-2)17-13-21-19-7-5-4-6-16(17)19/h4-11,17-18,20H,3,12-13H2,1-2H3. The van der Waals surface area contributed by atoms with Crippen molar-refractivity contribution in [2.75, 3.05) is 13.7 Å². The van der Waals surface area contributed by atoms with Crippen LogP contribution in [0.3, 0.4) is 0 Å². The molecule has 0 fully saturated rings. The average Bonchev–Trinajstić information content (AvgIpc) is 2.97. The Morgan fingerprint density at radius 2 is 1.81 bits per heavy atom. The van der Waals surface area contributed by atoms with Crippen molar-refractivity contribution >= 4 is 0 Å². The molecule has 0 saturated heterocycles. The van der Waals surface area contributed by atoms with Crippen LogP contribution in [0.15, 0.2) is 48.5 Å². The lowest BCUT2D eigenvalue weighted by Gasteiger charge is -2.22. The first-order valence-corrected chi connectivity index (χ1v) is 7.78. The highest BCUT2D eigenvalue weighted by molar-refractivity contribution is 5.41. The number of likely N-dealkylation sites (N-methyl/N-ethyl adjacent to an activating group) is 1. The molecule has 2 aromatic carbocycles. The molecule has 2 unspecified atom stereocenters. The van der Waals surface area contributed by atoms with Gasteiger partial charge in [-0.05, 0) is 37.1 Å². The molecule has 1 aliphatic rings. The highest BCUT2D eigenvalue weighted by atomic mass is 16.5. The summed E-state index contributed by atoms with van der Waals surface area (Å²) < 4.78 is 5.83. The number of ether oxygens (including phenoxy) is 1. The van der Waals surface area contributed by atoms with E-state index in [1.54, 1.807) is 0 Å². The van der Waals surface area contributed by atoms with Gasteiger partial charge in [0.1, 0.15) is 5.75 Å². The third-order valence-corrected chi connectivity index (χ3v) is 4.48. The number of fused-ring (bicyclic) bond motifs is 1. The van der Waals surface area contributed by atoms with Crippen molar-refractivity contribution < 1.29 is 4.74 Å². The number of hydrogen-bond acceptors (Lipinski definition) is 2. The largest absolute Gasteiger partial charge is 0.493 e. The van der Waals surface area contributed by atoms with Gasteiger partial charge in [0.05, 0.1) is 6.61 Å². The van der Waals surface area contributed by atoms with Crippen LogP contribution in [-0.2, 0) is 12.8 Å². The molecule has 0 saturated carbocycles. The van der Waals surface area contributed by atoms with Crippen molar-refractivity contribution in [1.29, 1.82) is 0 Å². The zero-order chi connectivity index (χ0) is 14.7. The first-order chi connectivity index (χ1) is 10.3. The first-order valence-electron chi connectivity index (χ1n) is 7.78. The monoisotopic (exact) mass is 281 g/mol. The molecular weight excluding hydrogens is 258 g/mol. The van der Waals surface area contributed by atoms with Crippen LogP contribution in [-0.4, -0.2) is 19.7 Å². The lowest BCUT2D eigenvalue weighted by atomic mass is 9.89. The van der Waals surface area contributed by atoms with Crippen molar-refractivity contribution in [3.05, 3.63) is 65.2 Å². The average molecular weight is 281 g/mol. The fraction of sp³-hybridized carbons (Fsp3) is 0.368. The van der Waals surface area contributed by atoms with Crippen molar-refractivity contribution in [1.82, 2.24) is 5.32 Å². The summed E-state index contributed by atoms with van der Waals surface area (Å²) in [4.78, 5) is 0. The molecule has 2 aromatic rings. The Morgan fingerprint density at radius 1 is 1.10 bits per heavy atom. The Bertz CT molecular complexity index is 591. The zero-order valence-corrected chi connectivity index (χ0v) is 12.8. The van der Waals surface area contributed by atoms with Gasteiger partial charge in [0.25, 0.3) is 0 Å². The SMILES string of the molecule is CCc1ccc(CC(NC)C2COc3ccccc32)cc1. The molecule has 0 amide bonds. The molecule has 3 rings (SSSR count). The van der Waals surface area contributed by atoms with Crippen molar-refractivity contribution in [2.24, 2.45) is 0 Å². The highest BCUT2D eigenvalue weighted by Crippen LogP contribution is 2.36. The summed E-state index contributed by atoms with van der Waals surface area (Å²) in [6.07, 6.45) is 2.13. The van der Waals surface area contributed by atoms with Gasteiger partial charge in [0.15, 0.2) is 0 Å². The van der Waals surface area contributed by atoms with Gasteiger partial charge in [-0.3, -0.25) is 0 Å². The Balaban J connectivity index is 1.76. The van der Waals surface area contributed by atoms with Gasteiger partial charge in [-0.2, -0.15) is 0 Å². The van der Waals surface area contributed by atoms with Gasteiger partial charge in [0.2, 0.25) is 0 Å². The van der Waals surface area contributed by atoms with Gasteiger partial charge in [-0.25, -0.2) is 0 Å². The van der Waals surface area contributed by atoms with E-state index in [1.807, 2.05) is 13.1 Å². The minimum absolute atomic E-state index is 0.404. The minimum Gasteiger partial charge on any atom is -0.493 e. The van der Waals surface area contributed by atoms with E-state index in [1.165, 1.54) is 16.7 Å². The molecule has 0 radical (unpaired) electrons. The molecule has 0 aromatic heterocycles. The Kier molecular flexibility index (Phi) is 4.26. The van der Waals surface area contributed by atoms with E-state index in [-0.39, 0.29) is 0 Å². The molecule has 1 heterocycles. The molecule has 2 heteroatoms. The lowest BCUT2D eigenvalue weighted by Crippen LogP contribution is -2.35.